The smallest absolute Gasteiger partial charge is 0.262 e. The molecule has 206 valence electrons. The number of nitrogens with one attached hydrogen (secondary N) is 1. The maximum Gasteiger partial charge on any atom is 0.262 e. The Bertz CT molecular complexity index is 1660. The molecule has 0 bridgehead atoms. The quantitative estimate of drug-likeness (QED) is 0.273. The van der Waals surface area contributed by atoms with Crippen LogP contribution in [0.15, 0.2) is 60.7 Å². The topological polar surface area (TPSA) is 137 Å². The first-order valence-corrected chi connectivity index (χ1v) is 13.8. The summed E-state index contributed by atoms with van der Waals surface area (Å²) in [6, 6.07) is 16.4. The average Bonchev–Trinajstić information content (AvgIpc) is 3.48. The highest BCUT2D eigenvalue weighted by Gasteiger charge is 2.49. The number of nitrogens with two attached hydrogens (primary N) is 3. The van der Waals surface area contributed by atoms with E-state index in [1.54, 1.807) is 31.3 Å². The van der Waals surface area contributed by atoms with Crippen LogP contribution < -0.4 is 27.3 Å². The number of ketones is 1. The molecule has 2 unspecified atom stereocenters. The van der Waals surface area contributed by atoms with E-state index < -0.39 is 35.5 Å². The monoisotopic (exact) mass is 559 g/mol. The van der Waals surface area contributed by atoms with E-state index in [4.69, 9.17) is 21.9 Å². The number of carbonyl (C=O) groups excluding carboxylic acids is 2. The third kappa shape index (κ3) is 4.06. The number of aryl methyl sites for hydroxylation is 1. The molecule has 3 aromatic carbocycles. The molecule has 1 fully saturated rings. The Balaban J connectivity index is 1.44. The maximum absolute atomic E-state index is 14.5. The van der Waals surface area contributed by atoms with E-state index in [0.717, 1.165) is 16.9 Å². The number of nitrogens with zero attached hydrogens (tertiary/aromatic N) is 1. The van der Waals surface area contributed by atoms with E-state index in [-0.39, 0.29) is 11.4 Å². The summed E-state index contributed by atoms with van der Waals surface area (Å²) in [5.41, 5.74) is 21.1. The lowest BCUT2D eigenvalue weighted by atomic mass is 9.69. The highest BCUT2D eigenvalue weighted by Crippen LogP contribution is 2.50. The van der Waals surface area contributed by atoms with Crippen LogP contribution in [0.3, 0.4) is 0 Å². The van der Waals surface area contributed by atoms with Gasteiger partial charge in [0.15, 0.2) is 5.78 Å². The van der Waals surface area contributed by atoms with Crippen LogP contribution in [0.4, 0.5) is 10.1 Å². The van der Waals surface area contributed by atoms with Gasteiger partial charge >= 0.3 is 0 Å². The van der Waals surface area contributed by atoms with Crippen molar-refractivity contribution in [3.63, 3.8) is 0 Å². The van der Waals surface area contributed by atoms with Gasteiger partial charge in [-0.15, -0.1) is 11.3 Å². The van der Waals surface area contributed by atoms with Crippen molar-refractivity contribution >= 4 is 38.8 Å². The minimum atomic E-state index is -1.58. The SMILES string of the molecule is Cc1cc(Oc2ccccc2)ccc1C1(N)C(=O)C(N)c2c(C(=O)N[C@H]3CN(C)C[C@@H]3F)sc3c(N)ccc1c23. The Labute approximate surface area is 234 Å². The van der Waals surface area contributed by atoms with Gasteiger partial charge in [0.1, 0.15) is 23.2 Å². The number of halogens is 1. The number of thiophene rings is 1. The summed E-state index contributed by atoms with van der Waals surface area (Å²) >= 11 is 1.15. The van der Waals surface area contributed by atoms with Crippen molar-refractivity contribution in [2.24, 2.45) is 11.5 Å². The highest BCUT2D eigenvalue weighted by atomic mass is 32.1. The van der Waals surface area contributed by atoms with Crippen LogP contribution in [-0.2, 0) is 10.3 Å². The van der Waals surface area contributed by atoms with Crippen LogP contribution >= 0.6 is 11.3 Å². The number of ether oxygens (including phenoxy) is 1. The number of anilines is 1. The molecule has 4 aromatic rings. The second-order valence-corrected chi connectivity index (χ2v) is 11.6. The van der Waals surface area contributed by atoms with E-state index >= 15 is 0 Å². The van der Waals surface area contributed by atoms with Crippen LogP contribution in [0, 0.1) is 6.92 Å². The van der Waals surface area contributed by atoms with E-state index in [1.807, 2.05) is 48.2 Å². The maximum atomic E-state index is 14.5. The van der Waals surface area contributed by atoms with Gasteiger partial charge < -0.3 is 32.2 Å². The van der Waals surface area contributed by atoms with E-state index in [1.165, 1.54) is 0 Å². The molecule has 4 atom stereocenters. The lowest BCUT2D eigenvalue weighted by Crippen LogP contribution is -2.53. The minimum absolute atomic E-state index is 0.240. The van der Waals surface area contributed by atoms with Crippen LogP contribution in [0.25, 0.3) is 10.1 Å². The summed E-state index contributed by atoms with van der Waals surface area (Å²) in [6.07, 6.45) is -1.19. The second-order valence-electron chi connectivity index (χ2n) is 10.6. The number of likely N-dealkylation sites (N-methyl/N-ethyl adjacent to an activating group) is 1. The summed E-state index contributed by atoms with van der Waals surface area (Å²) in [4.78, 5) is 29.6. The van der Waals surface area contributed by atoms with Crippen LogP contribution in [-0.4, -0.2) is 48.9 Å². The molecular weight excluding hydrogens is 529 g/mol. The average molecular weight is 560 g/mol. The Morgan fingerprint density at radius 1 is 1.10 bits per heavy atom. The standard InChI is InChI=1S/C30H30FN5O3S/c1-15-12-17(39-16-6-4-3-5-7-16)8-9-18(15)30(34)19-10-11-21(32)26-23(19)24(25(33)28(30)37)27(40-26)29(38)35-22-14-36(2)13-20(22)31/h3-12,20,22,25H,13-14,32-34H2,1-2H3,(H,35,38)/t20-,22-,25?,30?/m0/s1. The van der Waals surface area contributed by atoms with Gasteiger partial charge in [-0.05, 0) is 61.0 Å². The van der Waals surface area contributed by atoms with Gasteiger partial charge in [0, 0.05) is 29.7 Å². The van der Waals surface area contributed by atoms with Crippen molar-refractivity contribution in [3.8, 4) is 11.5 Å². The molecular formula is C30H30FN5O3S. The van der Waals surface area contributed by atoms with Crippen molar-refractivity contribution in [1.82, 2.24) is 10.2 Å². The first kappa shape index (κ1) is 26.4. The highest BCUT2D eigenvalue weighted by molar-refractivity contribution is 7.21. The molecule has 6 rings (SSSR count). The van der Waals surface area contributed by atoms with E-state index in [0.29, 0.717) is 50.5 Å². The normalized spacial score (nSPS) is 24.4. The van der Waals surface area contributed by atoms with Crippen molar-refractivity contribution in [3.05, 3.63) is 87.8 Å². The number of hydrogen-bond donors (Lipinski definition) is 4. The molecule has 2 aliphatic rings. The van der Waals surface area contributed by atoms with Gasteiger partial charge in [-0.1, -0.05) is 30.3 Å². The van der Waals surface area contributed by atoms with Gasteiger partial charge in [-0.2, -0.15) is 0 Å². The van der Waals surface area contributed by atoms with Gasteiger partial charge in [0.25, 0.3) is 5.91 Å². The molecule has 0 saturated carbocycles. The van der Waals surface area contributed by atoms with Crippen molar-refractivity contribution in [1.29, 1.82) is 0 Å². The van der Waals surface area contributed by atoms with Gasteiger partial charge in [-0.3, -0.25) is 9.59 Å². The molecule has 1 aromatic heterocycles. The Morgan fingerprint density at radius 3 is 2.50 bits per heavy atom. The van der Waals surface area contributed by atoms with Gasteiger partial charge in [0.2, 0.25) is 0 Å². The fourth-order valence-corrected chi connectivity index (χ4v) is 7.12. The molecule has 8 nitrogen and oxygen atoms in total. The van der Waals surface area contributed by atoms with Crippen molar-refractivity contribution in [2.75, 3.05) is 25.9 Å². The molecule has 1 amide bonds. The number of likely N-dealkylation sites (tertiary alicyclic amines) is 1. The molecule has 0 spiro atoms. The van der Waals surface area contributed by atoms with Gasteiger partial charge in [0.05, 0.1) is 21.7 Å². The second kappa shape index (κ2) is 9.67. The first-order valence-electron chi connectivity index (χ1n) is 13.0. The van der Waals surface area contributed by atoms with Crippen LogP contribution in [0.1, 0.15) is 38.0 Å². The molecule has 40 heavy (non-hydrogen) atoms. The number of nitrogen functional groups attached to an aromatic ring is 1. The molecule has 1 saturated heterocycles. The predicted molar refractivity (Wildman–Crippen MR) is 154 cm³/mol. The van der Waals surface area contributed by atoms with Crippen molar-refractivity contribution in [2.45, 2.75) is 30.7 Å². The number of amides is 1. The zero-order chi connectivity index (χ0) is 28.3. The largest absolute Gasteiger partial charge is 0.457 e. The number of alkyl halides is 1. The van der Waals surface area contributed by atoms with Crippen molar-refractivity contribution < 1.29 is 18.7 Å². The molecule has 0 radical (unpaired) electrons. The summed E-state index contributed by atoms with van der Waals surface area (Å²) in [6.45, 7) is 2.49. The summed E-state index contributed by atoms with van der Waals surface area (Å²) in [5.74, 6) is 0.369. The molecule has 1 aliphatic carbocycles. The van der Waals surface area contributed by atoms with E-state index in [2.05, 4.69) is 5.32 Å². The zero-order valence-electron chi connectivity index (χ0n) is 22.1. The van der Waals surface area contributed by atoms with Crippen LogP contribution in [0.5, 0.6) is 11.5 Å². The summed E-state index contributed by atoms with van der Waals surface area (Å²) < 4.78 is 21.1. The molecule has 2 heterocycles. The Kier molecular flexibility index (Phi) is 6.38. The number of hydrogen-bond acceptors (Lipinski definition) is 8. The third-order valence-electron chi connectivity index (χ3n) is 7.87. The first-order chi connectivity index (χ1) is 19.1. The van der Waals surface area contributed by atoms with E-state index in [9.17, 15) is 14.0 Å². The number of benzene rings is 3. The predicted octanol–water partition coefficient (Wildman–Crippen LogP) is 3.75. The number of carbonyl (C=O) groups is 2. The summed E-state index contributed by atoms with van der Waals surface area (Å²) in [7, 11) is 1.80. The molecule has 7 N–H and O–H groups in total. The Hall–Kier alpha value is -3.83. The lowest BCUT2D eigenvalue weighted by molar-refractivity contribution is -0.124. The number of rotatable bonds is 5. The number of para-hydroxylation sites is 1. The molecule has 10 heteroatoms. The van der Waals surface area contributed by atoms with Crippen LogP contribution in [0.2, 0.25) is 0 Å². The minimum Gasteiger partial charge on any atom is -0.457 e. The number of Topliss-reactive ketones (excluding diaryl/α,β-unsaturated/α-hetero) is 1. The zero-order valence-corrected chi connectivity index (χ0v) is 22.9. The fourth-order valence-electron chi connectivity index (χ4n) is 5.91. The summed E-state index contributed by atoms with van der Waals surface area (Å²) in [5, 5.41) is 3.40. The third-order valence-corrected chi connectivity index (χ3v) is 9.12. The van der Waals surface area contributed by atoms with Gasteiger partial charge in [-0.25, -0.2) is 4.39 Å². The Morgan fingerprint density at radius 2 is 1.82 bits per heavy atom. The lowest BCUT2D eigenvalue weighted by Gasteiger charge is -2.37. The molecule has 1 aliphatic heterocycles. The fraction of sp³-hybridized carbons (Fsp3) is 0.267.